The van der Waals surface area contributed by atoms with Crippen molar-refractivity contribution >= 4 is 17.3 Å². The molecule has 0 saturated carbocycles. The number of benzene rings is 1. The van der Waals surface area contributed by atoms with Gasteiger partial charge in [0, 0.05) is 32.0 Å². The summed E-state index contributed by atoms with van der Waals surface area (Å²) in [6.07, 6.45) is 0.874. The van der Waals surface area contributed by atoms with Crippen LogP contribution in [0.1, 0.15) is 6.42 Å². The van der Waals surface area contributed by atoms with Gasteiger partial charge in [0.2, 0.25) is 0 Å². The number of esters is 1. The van der Waals surface area contributed by atoms with E-state index in [2.05, 4.69) is 21.9 Å². The van der Waals surface area contributed by atoms with Gasteiger partial charge in [-0.25, -0.2) is 4.79 Å². The third-order valence-electron chi connectivity index (χ3n) is 3.17. The van der Waals surface area contributed by atoms with Crippen molar-refractivity contribution in [1.29, 1.82) is 0 Å². The maximum absolute atomic E-state index is 11.5. The molecule has 0 radical (unpaired) electrons. The van der Waals surface area contributed by atoms with E-state index in [4.69, 9.17) is 4.74 Å². The molecule has 1 saturated heterocycles. The molecule has 1 aromatic rings. The Morgan fingerprint density at radius 2 is 2.24 bits per heavy atom. The van der Waals surface area contributed by atoms with Gasteiger partial charge in [-0.3, -0.25) is 0 Å². The van der Waals surface area contributed by atoms with Crippen LogP contribution in [0, 0.1) is 0 Å². The van der Waals surface area contributed by atoms with Crippen molar-refractivity contribution in [3.05, 3.63) is 24.3 Å². The first-order valence-corrected chi connectivity index (χ1v) is 5.75. The van der Waals surface area contributed by atoms with Crippen molar-refractivity contribution in [3.8, 4) is 0 Å². The van der Waals surface area contributed by atoms with Gasteiger partial charge < -0.3 is 14.5 Å². The fraction of sp³-hybridized carbons (Fsp3) is 0.462. The summed E-state index contributed by atoms with van der Waals surface area (Å²) in [5, 5.41) is 0. The maximum Gasteiger partial charge on any atom is 0.328 e. The topological polar surface area (TPSA) is 32.8 Å². The van der Waals surface area contributed by atoms with Gasteiger partial charge in [0.15, 0.2) is 0 Å². The van der Waals surface area contributed by atoms with Gasteiger partial charge in [-0.05, 0) is 24.6 Å². The highest BCUT2D eigenvalue weighted by Crippen LogP contribution is 2.29. The zero-order valence-electron chi connectivity index (χ0n) is 10.5. The van der Waals surface area contributed by atoms with E-state index >= 15 is 0 Å². The quantitative estimate of drug-likeness (QED) is 0.742. The molecular weight excluding hydrogens is 216 g/mol. The fourth-order valence-corrected chi connectivity index (χ4v) is 2.03. The lowest BCUT2D eigenvalue weighted by molar-refractivity contribution is -0.143. The van der Waals surface area contributed by atoms with Crippen LogP contribution < -0.4 is 9.80 Å². The Morgan fingerprint density at radius 1 is 1.47 bits per heavy atom. The second kappa shape index (κ2) is 4.65. The smallest absolute Gasteiger partial charge is 0.328 e. The molecule has 1 heterocycles. The van der Waals surface area contributed by atoms with Crippen LogP contribution in [0.25, 0.3) is 0 Å². The maximum atomic E-state index is 11.5. The summed E-state index contributed by atoms with van der Waals surface area (Å²) in [5.74, 6) is -0.147. The SMILES string of the molecule is COC(=O)C1CCN1c1cccc(N(C)C)c1. The molecule has 0 bridgehead atoms. The van der Waals surface area contributed by atoms with Crippen LogP contribution >= 0.6 is 0 Å². The molecule has 1 unspecified atom stereocenters. The molecule has 2 rings (SSSR count). The van der Waals surface area contributed by atoms with Gasteiger partial charge in [-0.2, -0.15) is 0 Å². The summed E-state index contributed by atoms with van der Waals surface area (Å²) in [6.45, 7) is 0.913. The Morgan fingerprint density at radius 3 is 2.76 bits per heavy atom. The van der Waals surface area contributed by atoms with Gasteiger partial charge >= 0.3 is 5.97 Å². The van der Waals surface area contributed by atoms with Gasteiger partial charge in [-0.1, -0.05) is 6.07 Å². The summed E-state index contributed by atoms with van der Waals surface area (Å²) < 4.78 is 4.79. The molecule has 92 valence electrons. The van der Waals surface area contributed by atoms with E-state index in [9.17, 15) is 4.79 Å². The van der Waals surface area contributed by atoms with E-state index in [0.717, 1.165) is 24.3 Å². The molecule has 1 aliphatic rings. The zero-order valence-corrected chi connectivity index (χ0v) is 10.5. The van der Waals surface area contributed by atoms with Crippen LogP contribution in [0.3, 0.4) is 0 Å². The first-order chi connectivity index (χ1) is 8.13. The Balaban J connectivity index is 2.17. The second-order valence-electron chi connectivity index (χ2n) is 4.44. The largest absolute Gasteiger partial charge is 0.467 e. The highest BCUT2D eigenvalue weighted by atomic mass is 16.5. The number of carbonyl (C=O) groups is 1. The predicted molar refractivity (Wildman–Crippen MR) is 68.5 cm³/mol. The van der Waals surface area contributed by atoms with E-state index in [1.165, 1.54) is 7.11 Å². The third-order valence-corrected chi connectivity index (χ3v) is 3.17. The normalized spacial score (nSPS) is 18.5. The minimum Gasteiger partial charge on any atom is -0.467 e. The van der Waals surface area contributed by atoms with Crippen molar-refractivity contribution in [2.75, 3.05) is 37.5 Å². The number of hydrogen-bond acceptors (Lipinski definition) is 4. The fourth-order valence-electron chi connectivity index (χ4n) is 2.03. The molecule has 17 heavy (non-hydrogen) atoms. The Hall–Kier alpha value is -1.71. The van der Waals surface area contributed by atoms with Crippen LogP contribution in [0.5, 0.6) is 0 Å². The summed E-state index contributed by atoms with van der Waals surface area (Å²) in [6, 6.07) is 8.07. The molecule has 0 spiro atoms. The van der Waals surface area contributed by atoms with Gasteiger partial charge in [0.25, 0.3) is 0 Å². The number of ether oxygens (including phenoxy) is 1. The molecule has 4 nitrogen and oxygen atoms in total. The average Bonchev–Trinajstić information content (AvgIpc) is 2.27. The highest BCUT2D eigenvalue weighted by Gasteiger charge is 2.35. The molecule has 4 heteroatoms. The van der Waals surface area contributed by atoms with Crippen molar-refractivity contribution in [2.24, 2.45) is 0 Å². The van der Waals surface area contributed by atoms with E-state index in [0.29, 0.717) is 0 Å². The molecule has 1 atom stereocenters. The molecule has 0 amide bonds. The van der Waals surface area contributed by atoms with Crippen LogP contribution in [0.15, 0.2) is 24.3 Å². The van der Waals surface area contributed by atoms with E-state index in [1.54, 1.807) is 0 Å². The van der Waals surface area contributed by atoms with Crippen molar-refractivity contribution in [3.63, 3.8) is 0 Å². The van der Waals surface area contributed by atoms with E-state index in [1.807, 2.05) is 26.2 Å². The summed E-state index contributed by atoms with van der Waals surface area (Å²) >= 11 is 0. The minimum atomic E-state index is -0.147. The average molecular weight is 234 g/mol. The Kier molecular flexibility index (Phi) is 3.22. The number of rotatable bonds is 3. The zero-order chi connectivity index (χ0) is 12.4. The van der Waals surface area contributed by atoms with Gasteiger partial charge in [-0.15, -0.1) is 0 Å². The lowest BCUT2D eigenvalue weighted by atomic mass is 10.0. The summed E-state index contributed by atoms with van der Waals surface area (Å²) in [5.41, 5.74) is 2.22. The van der Waals surface area contributed by atoms with Gasteiger partial charge in [0.05, 0.1) is 7.11 Å². The molecular formula is C13H18N2O2. The van der Waals surface area contributed by atoms with E-state index < -0.39 is 0 Å². The summed E-state index contributed by atoms with van der Waals surface area (Å²) in [7, 11) is 5.45. The first-order valence-electron chi connectivity index (χ1n) is 5.75. The number of carbonyl (C=O) groups excluding carboxylic acids is 1. The Bertz CT molecular complexity index is 418. The molecule has 1 aromatic carbocycles. The van der Waals surface area contributed by atoms with Crippen molar-refractivity contribution in [2.45, 2.75) is 12.5 Å². The van der Waals surface area contributed by atoms with Crippen LogP contribution in [0.2, 0.25) is 0 Å². The number of anilines is 2. The monoisotopic (exact) mass is 234 g/mol. The molecule has 1 aliphatic heterocycles. The highest BCUT2D eigenvalue weighted by molar-refractivity contribution is 5.82. The molecule has 0 aromatic heterocycles. The van der Waals surface area contributed by atoms with Crippen molar-refractivity contribution < 1.29 is 9.53 Å². The first kappa shape index (κ1) is 11.8. The summed E-state index contributed by atoms with van der Waals surface area (Å²) in [4.78, 5) is 15.7. The van der Waals surface area contributed by atoms with Crippen LogP contribution in [0.4, 0.5) is 11.4 Å². The van der Waals surface area contributed by atoms with Crippen molar-refractivity contribution in [1.82, 2.24) is 0 Å². The van der Waals surface area contributed by atoms with Crippen LogP contribution in [-0.2, 0) is 9.53 Å². The number of hydrogen-bond donors (Lipinski definition) is 0. The number of nitrogens with zero attached hydrogens (tertiary/aromatic N) is 2. The standard InChI is InChI=1S/C13H18N2O2/c1-14(2)10-5-4-6-11(9-10)15-8-7-12(15)13(16)17-3/h4-6,9,12H,7-8H2,1-3H3. The minimum absolute atomic E-state index is 0.114. The lowest BCUT2D eigenvalue weighted by Gasteiger charge is -2.41. The lowest BCUT2D eigenvalue weighted by Crippen LogP contribution is -2.53. The predicted octanol–water partition coefficient (Wildman–Crippen LogP) is 1.50. The molecule has 0 aliphatic carbocycles. The van der Waals surface area contributed by atoms with E-state index in [-0.39, 0.29) is 12.0 Å². The third kappa shape index (κ3) is 2.20. The second-order valence-corrected chi connectivity index (χ2v) is 4.44. The Labute approximate surface area is 102 Å². The number of methoxy groups -OCH3 is 1. The molecule has 0 N–H and O–H groups in total. The van der Waals surface area contributed by atoms with Gasteiger partial charge in [0.1, 0.15) is 6.04 Å². The molecule has 1 fully saturated rings. The van der Waals surface area contributed by atoms with Crippen LogP contribution in [-0.4, -0.2) is 39.8 Å².